The molecule has 18 heavy (non-hydrogen) atoms. The van der Waals surface area contributed by atoms with Crippen LogP contribution in [0.5, 0.6) is 0 Å². The average Bonchev–Trinajstić information content (AvgIpc) is 2.40. The van der Waals surface area contributed by atoms with Crippen molar-refractivity contribution in [2.45, 2.75) is 18.8 Å². The molecule has 2 rings (SSSR count). The number of hydrogen-bond acceptors (Lipinski definition) is 2. The first-order chi connectivity index (χ1) is 8.70. The smallest absolute Gasteiger partial charge is 0.0495 e. The lowest BCUT2D eigenvalue weighted by Gasteiger charge is -2.25. The zero-order valence-electron chi connectivity index (χ0n) is 10.2. The van der Waals surface area contributed by atoms with E-state index in [9.17, 15) is 9.90 Å². The van der Waals surface area contributed by atoms with Gasteiger partial charge in [0.1, 0.15) is 0 Å². The van der Waals surface area contributed by atoms with Crippen molar-refractivity contribution in [3.63, 3.8) is 0 Å². The molecule has 0 heterocycles. The molecule has 0 N–H and O–H groups in total. The first-order valence-corrected chi connectivity index (χ1v) is 6.01. The quantitative estimate of drug-likeness (QED) is 0.821. The molecule has 0 fully saturated rings. The summed E-state index contributed by atoms with van der Waals surface area (Å²) in [5.41, 5.74) is 1.80. The summed E-state index contributed by atoms with van der Waals surface area (Å²) in [7, 11) is 0. The third-order valence-corrected chi connectivity index (χ3v) is 3.24. The van der Waals surface area contributed by atoms with E-state index >= 15 is 0 Å². The third kappa shape index (κ3) is 2.59. The van der Waals surface area contributed by atoms with Crippen molar-refractivity contribution >= 4 is 5.97 Å². The molecule has 0 unspecified atom stereocenters. The Morgan fingerprint density at radius 3 is 1.78 bits per heavy atom. The standard InChI is InChI=1S/C16H16O2/c1-12(13-8-4-2-5-9-13)15(16(17)18)14-10-6-3-7-11-14/h2-12,15H,1H3,(H,17,18)/p-1/t12-,15+/m0/s1. The van der Waals surface area contributed by atoms with Crippen LogP contribution in [-0.4, -0.2) is 5.97 Å². The van der Waals surface area contributed by atoms with Crippen LogP contribution in [0.3, 0.4) is 0 Å². The Hall–Kier alpha value is -2.09. The van der Waals surface area contributed by atoms with Crippen LogP contribution in [0.4, 0.5) is 0 Å². The summed E-state index contributed by atoms with van der Waals surface area (Å²) in [6.07, 6.45) is 0. The number of rotatable bonds is 4. The maximum Gasteiger partial charge on any atom is 0.0495 e. The van der Waals surface area contributed by atoms with Gasteiger partial charge in [-0.25, -0.2) is 0 Å². The minimum absolute atomic E-state index is 0.112. The molecule has 0 spiro atoms. The van der Waals surface area contributed by atoms with Gasteiger partial charge in [0.05, 0.1) is 0 Å². The van der Waals surface area contributed by atoms with Crippen molar-refractivity contribution < 1.29 is 9.90 Å². The van der Waals surface area contributed by atoms with Gasteiger partial charge in [0.2, 0.25) is 0 Å². The Balaban J connectivity index is 2.35. The molecule has 0 radical (unpaired) electrons. The maximum absolute atomic E-state index is 11.4. The van der Waals surface area contributed by atoms with Crippen molar-refractivity contribution in [3.8, 4) is 0 Å². The maximum atomic E-state index is 11.4. The normalized spacial score (nSPS) is 13.8. The zero-order chi connectivity index (χ0) is 13.0. The highest BCUT2D eigenvalue weighted by molar-refractivity contribution is 5.75. The van der Waals surface area contributed by atoms with Crippen LogP contribution in [0, 0.1) is 0 Å². The minimum atomic E-state index is -1.03. The van der Waals surface area contributed by atoms with Crippen molar-refractivity contribution in [1.29, 1.82) is 0 Å². The highest BCUT2D eigenvalue weighted by Gasteiger charge is 2.21. The fourth-order valence-corrected chi connectivity index (χ4v) is 2.24. The lowest BCUT2D eigenvalue weighted by Crippen LogP contribution is -2.32. The van der Waals surface area contributed by atoms with Gasteiger partial charge in [-0.1, -0.05) is 67.6 Å². The summed E-state index contributed by atoms with van der Waals surface area (Å²) >= 11 is 0. The fraction of sp³-hybridized carbons (Fsp3) is 0.188. The van der Waals surface area contributed by atoms with Gasteiger partial charge in [0, 0.05) is 11.9 Å². The van der Waals surface area contributed by atoms with Crippen LogP contribution < -0.4 is 5.11 Å². The molecule has 0 bridgehead atoms. The Bertz CT molecular complexity index is 505. The molecule has 2 atom stereocenters. The monoisotopic (exact) mass is 239 g/mol. The number of carboxylic acids is 1. The summed E-state index contributed by atoms with van der Waals surface area (Å²) < 4.78 is 0. The molecule has 2 aromatic carbocycles. The Kier molecular flexibility index (Phi) is 3.78. The van der Waals surface area contributed by atoms with Gasteiger partial charge in [-0.2, -0.15) is 0 Å². The van der Waals surface area contributed by atoms with Gasteiger partial charge in [-0.05, 0) is 17.0 Å². The van der Waals surface area contributed by atoms with Crippen LogP contribution in [0.15, 0.2) is 60.7 Å². The lowest BCUT2D eigenvalue weighted by molar-refractivity contribution is -0.308. The van der Waals surface area contributed by atoms with Gasteiger partial charge < -0.3 is 9.90 Å². The highest BCUT2D eigenvalue weighted by Crippen LogP contribution is 2.32. The van der Waals surface area contributed by atoms with E-state index in [1.54, 1.807) is 0 Å². The molecule has 0 saturated heterocycles. The molecular formula is C16H15O2-. The van der Waals surface area contributed by atoms with Crippen LogP contribution in [0.25, 0.3) is 0 Å². The van der Waals surface area contributed by atoms with E-state index in [4.69, 9.17) is 0 Å². The Labute approximate surface area is 107 Å². The molecular weight excluding hydrogens is 224 g/mol. The number of carbonyl (C=O) groups is 1. The summed E-state index contributed by atoms with van der Waals surface area (Å²) in [4.78, 5) is 11.4. The van der Waals surface area contributed by atoms with Gasteiger partial charge in [-0.15, -0.1) is 0 Å². The summed E-state index contributed by atoms with van der Waals surface area (Å²) in [6, 6.07) is 18.9. The predicted octanol–water partition coefficient (Wildman–Crippen LogP) is 2.32. The average molecular weight is 239 g/mol. The number of carboxylic acid groups (broad SMARTS) is 1. The zero-order valence-corrected chi connectivity index (χ0v) is 10.2. The molecule has 92 valence electrons. The molecule has 0 aliphatic carbocycles. The van der Waals surface area contributed by atoms with Crippen molar-refractivity contribution in [3.05, 3.63) is 71.8 Å². The molecule has 0 aliphatic heterocycles. The first kappa shape index (κ1) is 12.4. The van der Waals surface area contributed by atoms with E-state index < -0.39 is 11.9 Å². The number of carbonyl (C=O) groups excluding carboxylic acids is 1. The van der Waals surface area contributed by atoms with Crippen molar-refractivity contribution in [2.75, 3.05) is 0 Å². The molecule has 0 saturated carbocycles. The number of hydrogen-bond donors (Lipinski definition) is 0. The molecule has 0 aromatic heterocycles. The lowest BCUT2D eigenvalue weighted by atomic mass is 9.83. The molecule has 0 aliphatic rings. The van der Waals surface area contributed by atoms with E-state index in [-0.39, 0.29) is 5.92 Å². The summed E-state index contributed by atoms with van der Waals surface area (Å²) in [5.74, 6) is -1.76. The molecule has 2 heteroatoms. The third-order valence-electron chi connectivity index (χ3n) is 3.24. The van der Waals surface area contributed by atoms with E-state index in [0.717, 1.165) is 11.1 Å². The van der Waals surface area contributed by atoms with Crippen LogP contribution >= 0.6 is 0 Å². The summed E-state index contributed by atoms with van der Waals surface area (Å²) in [6.45, 7) is 1.92. The van der Waals surface area contributed by atoms with Gasteiger partial charge >= 0.3 is 0 Å². The van der Waals surface area contributed by atoms with Crippen molar-refractivity contribution in [1.82, 2.24) is 0 Å². The van der Waals surface area contributed by atoms with Gasteiger partial charge in [0.25, 0.3) is 0 Å². The van der Waals surface area contributed by atoms with E-state index in [1.807, 2.05) is 67.6 Å². The van der Waals surface area contributed by atoms with Gasteiger partial charge in [0.15, 0.2) is 0 Å². The van der Waals surface area contributed by atoms with Crippen LogP contribution in [0.1, 0.15) is 29.9 Å². The fourth-order valence-electron chi connectivity index (χ4n) is 2.24. The second kappa shape index (κ2) is 5.50. The molecule has 0 amide bonds. The summed E-state index contributed by atoms with van der Waals surface area (Å²) in [5, 5.41) is 11.4. The first-order valence-electron chi connectivity index (χ1n) is 6.01. The molecule has 2 aromatic rings. The number of aliphatic carboxylic acids is 1. The largest absolute Gasteiger partial charge is 0.549 e. The highest BCUT2D eigenvalue weighted by atomic mass is 16.4. The van der Waals surface area contributed by atoms with E-state index in [2.05, 4.69) is 0 Å². The second-order valence-electron chi connectivity index (χ2n) is 4.41. The van der Waals surface area contributed by atoms with Gasteiger partial charge in [-0.3, -0.25) is 0 Å². The van der Waals surface area contributed by atoms with E-state index in [0.29, 0.717) is 0 Å². The SMILES string of the molecule is C[C@@H](c1ccccc1)[C@@H](C(=O)[O-])c1ccccc1. The molecule has 2 nitrogen and oxygen atoms in total. The van der Waals surface area contributed by atoms with E-state index in [1.165, 1.54) is 0 Å². The predicted molar refractivity (Wildman–Crippen MR) is 69.0 cm³/mol. The second-order valence-corrected chi connectivity index (χ2v) is 4.41. The van der Waals surface area contributed by atoms with Crippen LogP contribution in [-0.2, 0) is 4.79 Å². The Morgan fingerprint density at radius 1 is 0.889 bits per heavy atom. The van der Waals surface area contributed by atoms with Crippen LogP contribution in [0.2, 0.25) is 0 Å². The Morgan fingerprint density at radius 2 is 1.33 bits per heavy atom. The van der Waals surface area contributed by atoms with Crippen molar-refractivity contribution in [2.24, 2.45) is 0 Å². The topological polar surface area (TPSA) is 40.1 Å². The minimum Gasteiger partial charge on any atom is -0.549 e. The number of benzene rings is 2.